The summed E-state index contributed by atoms with van der Waals surface area (Å²) in [6, 6.07) is 0. The van der Waals surface area contributed by atoms with Gasteiger partial charge < -0.3 is 5.11 Å². The second-order valence-electron chi connectivity index (χ2n) is 4.72. The van der Waals surface area contributed by atoms with Gasteiger partial charge in [0.1, 0.15) is 5.69 Å². The van der Waals surface area contributed by atoms with E-state index >= 15 is 0 Å². The first-order valence-corrected chi connectivity index (χ1v) is 6.89. The van der Waals surface area contributed by atoms with Crippen LogP contribution >= 0.6 is 11.3 Å². The van der Waals surface area contributed by atoms with Gasteiger partial charge in [-0.15, -0.1) is 16.4 Å². The predicted octanol–water partition coefficient (Wildman–Crippen LogP) is 1.54. The second kappa shape index (κ2) is 5.87. The van der Waals surface area contributed by atoms with E-state index in [1.165, 1.54) is 16.0 Å². The predicted molar refractivity (Wildman–Crippen MR) is 69.5 cm³/mol. The molecule has 0 aromatic carbocycles. The molecule has 1 unspecified atom stereocenters. The lowest BCUT2D eigenvalue weighted by Crippen LogP contribution is -2.23. The number of hydrogen-bond donors (Lipinski definition) is 1. The monoisotopic (exact) mass is 281 g/mol. The van der Waals surface area contributed by atoms with Gasteiger partial charge in [-0.05, 0) is 22.8 Å². The van der Waals surface area contributed by atoms with Gasteiger partial charge in [-0.3, -0.25) is 4.79 Å². The molecule has 1 N–H and O–H groups in total. The van der Waals surface area contributed by atoms with E-state index in [4.69, 9.17) is 0 Å². The molecule has 0 aliphatic rings. The summed E-state index contributed by atoms with van der Waals surface area (Å²) in [4.78, 5) is 15.4. The Labute approximate surface area is 114 Å². The van der Waals surface area contributed by atoms with E-state index in [1.807, 2.05) is 19.2 Å². The molecule has 0 radical (unpaired) electrons. The van der Waals surface area contributed by atoms with Crippen molar-refractivity contribution < 1.29 is 9.90 Å². The van der Waals surface area contributed by atoms with E-state index < -0.39 is 11.9 Å². The van der Waals surface area contributed by atoms with Crippen LogP contribution in [0.2, 0.25) is 0 Å². The lowest BCUT2D eigenvalue weighted by molar-refractivity contribution is -0.142. The van der Waals surface area contributed by atoms with Crippen molar-refractivity contribution in [3.63, 3.8) is 0 Å². The van der Waals surface area contributed by atoms with Crippen LogP contribution in [0.3, 0.4) is 0 Å². The highest BCUT2D eigenvalue weighted by Gasteiger charge is 2.22. The number of rotatable bonds is 6. The second-order valence-corrected chi connectivity index (χ2v) is 5.44. The molecular weight excluding hydrogens is 266 g/mol. The van der Waals surface area contributed by atoms with Crippen LogP contribution in [-0.4, -0.2) is 36.3 Å². The molecule has 0 fully saturated rings. The molecule has 1 atom stereocenters. The summed E-state index contributed by atoms with van der Waals surface area (Å²) in [5.74, 6) is -0.508. The molecule has 102 valence electrons. The molecule has 19 heavy (non-hydrogen) atoms. The maximum Gasteiger partial charge on any atom is 0.308 e. The van der Waals surface area contributed by atoms with Crippen molar-refractivity contribution in [1.82, 2.24) is 25.2 Å². The van der Waals surface area contributed by atoms with Gasteiger partial charge in [0.25, 0.3) is 0 Å². The number of hydrogen-bond acceptors (Lipinski definition) is 6. The van der Waals surface area contributed by atoms with E-state index in [0.717, 1.165) is 0 Å². The van der Waals surface area contributed by atoms with E-state index in [2.05, 4.69) is 20.5 Å². The topological polar surface area (TPSA) is 93.8 Å². The maximum absolute atomic E-state index is 11.3. The molecule has 2 rings (SSSR count). The van der Waals surface area contributed by atoms with Crippen molar-refractivity contribution in [2.75, 3.05) is 0 Å². The van der Waals surface area contributed by atoms with E-state index in [-0.39, 0.29) is 6.54 Å². The number of tetrazole rings is 1. The highest BCUT2D eigenvalue weighted by Crippen LogP contribution is 2.19. The molecule has 0 aliphatic heterocycles. The lowest BCUT2D eigenvalue weighted by atomic mass is 9.97. The van der Waals surface area contributed by atoms with Crippen LogP contribution < -0.4 is 0 Å². The van der Waals surface area contributed by atoms with Gasteiger partial charge >= 0.3 is 5.97 Å². The maximum atomic E-state index is 11.3. The molecule has 0 aliphatic carbocycles. The first-order valence-electron chi connectivity index (χ1n) is 5.95. The molecule has 0 bridgehead atoms. The number of carbonyl (C=O) groups is 1. The van der Waals surface area contributed by atoms with Gasteiger partial charge in [-0.25, -0.2) is 9.67 Å². The third kappa shape index (κ3) is 3.34. The van der Waals surface area contributed by atoms with Crippen molar-refractivity contribution in [3.05, 3.63) is 10.9 Å². The zero-order valence-electron chi connectivity index (χ0n) is 10.7. The van der Waals surface area contributed by atoms with Gasteiger partial charge in [0.2, 0.25) is 5.82 Å². The summed E-state index contributed by atoms with van der Waals surface area (Å²) in [7, 11) is 0. The molecule has 0 amide bonds. The average molecular weight is 281 g/mol. The normalized spacial score (nSPS) is 12.8. The fourth-order valence-corrected chi connectivity index (χ4v) is 2.40. The molecule has 2 aromatic rings. The summed E-state index contributed by atoms with van der Waals surface area (Å²) in [5.41, 5.74) is 2.36. The molecule has 0 saturated heterocycles. The minimum atomic E-state index is -0.826. The fourth-order valence-electron chi connectivity index (χ4n) is 1.87. The minimum absolute atomic E-state index is 0.257. The molecule has 8 heteroatoms. The van der Waals surface area contributed by atoms with Crippen molar-refractivity contribution in [3.8, 4) is 11.5 Å². The minimum Gasteiger partial charge on any atom is -0.481 e. The molecule has 2 aromatic heterocycles. The number of aromatic nitrogens is 5. The summed E-state index contributed by atoms with van der Waals surface area (Å²) >= 11 is 1.45. The van der Waals surface area contributed by atoms with Crippen molar-refractivity contribution in [2.24, 2.45) is 11.8 Å². The molecule has 7 nitrogen and oxygen atoms in total. The summed E-state index contributed by atoms with van der Waals surface area (Å²) in [5, 5.41) is 22.4. The average Bonchev–Trinajstić information content (AvgIpc) is 2.96. The standard InChI is InChI=1S/C11H15N5O2S/c1-7(2)3-8(11(17)18)4-16-10(13-14-15-16)9-5-19-6-12-9/h5-8H,3-4H2,1-2H3,(H,17,18). The Morgan fingerprint density at radius 1 is 1.53 bits per heavy atom. The highest BCUT2D eigenvalue weighted by atomic mass is 32.1. The lowest BCUT2D eigenvalue weighted by Gasteiger charge is -2.14. The number of nitrogens with zero attached hydrogens (tertiary/aromatic N) is 5. The van der Waals surface area contributed by atoms with Crippen LogP contribution in [0.5, 0.6) is 0 Å². The van der Waals surface area contributed by atoms with Crippen LogP contribution in [0.1, 0.15) is 20.3 Å². The Balaban J connectivity index is 2.18. The third-order valence-corrected chi connectivity index (χ3v) is 3.28. The van der Waals surface area contributed by atoms with Crippen molar-refractivity contribution in [1.29, 1.82) is 0 Å². The third-order valence-electron chi connectivity index (χ3n) is 2.69. The van der Waals surface area contributed by atoms with E-state index in [1.54, 1.807) is 5.51 Å². The van der Waals surface area contributed by atoms with Crippen molar-refractivity contribution in [2.45, 2.75) is 26.8 Å². The van der Waals surface area contributed by atoms with Gasteiger partial charge in [-0.1, -0.05) is 13.8 Å². The quantitative estimate of drug-likeness (QED) is 0.863. The smallest absolute Gasteiger partial charge is 0.308 e. The first kappa shape index (κ1) is 13.6. The first-order chi connectivity index (χ1) is 9.08. The number of carboxylic acid groups (broad SMARTS) is 1. The van der Waals surface area contributed by atoms with Gasteiger partial charge in [0.15, 0.2) is 0 Å². The van der Waals surface area contributed by atoms with Gasteiger partial charge in [0.05, 0.1) is 18.0 Å². The molecule has 0 spiro atoms. The van der Waals surface area contributed by atoms with E-state index in [0.29, 0.717) is 23.9 Å². The Hall–Kier alpha value is -1.83. The largest absolute Gasteiger partial charge is 0.481 e. The summed E-state index contributed by atoms with van der Waals surface area (Å²) < 4.78 is 1.51. The fraction of sp³-hybridized carbons (Fsp3) is 0.545. The van der Waals surface area contributed by atoms with Crippen LogP contribution in [0.15, 0.2) is 10.9 Å². The Kier molecular flexibility index (Phi) is 4.20. The number of aliphatic carboxylic acids is 1. The zero-order valence-corrected chi connectivity index (χ0v) is 11.5. The van der Waals surface area contributed by atoms with Gasteiger partial charge in [-0.2, -0.15) is 0 Å². The summed E-state index contributed by atoms with van der Waals surface area (Å²) in [6.45, 7) is 4.25. The molecule has 2 heterocycles. The Bertz CT molecular complexity index is 537. The Morgan fingerprint density at radius 3 is 2.89 bits per heavy atom. The Morgan fingerprint density at radius 2 is 2.32 bits per heavy atom. The molecule has 0 saturated carbocycles. The van der Waals surface area contributed by atoms with Crippen LogP contribution in [0.25, 0.3) is 11.5 Å². The van der Waals surface area contributed by atoms with Gasteiger partial charge in [0, 0.05) is 5.38 Å². The molecular formula is C11H15N5O2S. The number of carboxylic acids is 1. The van der Waals surface area contributed by atoms with E-state index in [9.17, 15) is 9.90 Å². The SMILES string of the molecule is CC(C)CC(Cn1nnnc1-c1cscn1)C(=O)O. The summed E-state index contributed by atoms with van der Waals surface area (Å²) in [6.07, 6.45) is 0.589. The number of thiazole rings is 1. The van der Waals surface area contributed by atoms with Crippen LogP contribution in [0.4, 0.5) is 0 Å². The van der Waals surface area contributed by atoms with Crippen LogP contribution in [0, 0.1) is 11.8 Å². The van der Waals surface area contributed by atoms with Crippen molar-refractivity contribution >= 4 is 17.3 Å². The van der Waals surface area contributed by atoms with Crippen LogP contribution in [-0.2, 0) is 11.3 Å². The highest BCUT2D eigenvalue weighted by molar-refractivity contribution is 7.07. The zero-order chi connectivity index (χ0) is 13.8.